The monoisotopic (exact) mass is 588 g/mol. The van der Waals surface area contributed by atoms with E-state index in [0.29, 0.717) is 51.3 Å². The number of rotatable bonds is 9. The highest BCUT2D eigenvalue weighted by Gasteiger charge is 2.33. The number of amidine groups is 1. The van der Waals surface area contributed by atoms with Crippen LogP contribution in [0, 0.1) is 0 Å². The molecule has 1 saturated heterocycles. The summed E-state index contributed by atoms with van der Waals surface area (Å²) in [5.74, 6) is 1.06. The van der Waals surface area contributed by atoms with Crippen LogP contribution in [-0.2, 0) is 24.5 Å². The lowest BCUT2D eigenvalue weighted by atomic mass is 10.1. The minimum absolute atomic E-state index is 0.0837. The first-order chi connectivity index (χ1) is 19.5. The number of halogens is 2. The van der Waals surface area contributed by atoms with E-state index in [1.165, 1.54) is 11.8 Å². The standard InChI is InChI=1S/C32H26Cl2N2O3S/c1-38-29-17-24(13-15-28(29)39-21-25-12-14-26(33)27(34)16-25)18-30-31(37)36(20-23-10-6-3-7-11-23)32(40-30)35-19-22-8-4-2-5-9-22/h2-18H,19-21H2,1H3/b30-18-,35-32?. The fraction of sp³-hybridized carbons (Fsp3) is 0.125. The first kappa shape index (κ1) is 27.8. The molecule has 1 heterocycles. The van der Waals surface area contributed by atoms with Gasteiger partial charge in [-0.3, -0.25) is 14.7 Å². The molecule has 1 fully saturated rings. The summed E-state index contributed by atoms with van der Waals surface area (Å²) in [6.45, 7) is 1.24. The Kier molecular flexibility index (Phi) is 9.12. The third-order valence-electron chi connectivity index (χ3n) is 6.18. The van der Waals surface area contributed by atoms with Gasteiger partial charge in [0.15, 0.2) is 16.7 Å². The molecule has 0 unspecified atom stereocenters. The van der Waals surface area contributed by atoms with Gasteiger partial charge >= 0.3 is 0 Å². The van der Waals surface area contributed by atoms with Crippen LogP contribution >= 0.6 is 35.0 Å². The number of methoxy groups -OCH3 is 1. The number of nitrogens with zero attached hydrogens (tertiary/aromatic N) is 2. The highest BCUT2D eigenvalue weighted by atomic mass is 35.5. The van der Waals surface area contributed by atoms with Gasteiger partial charge in [0.05, 0.1) is 35.1 Å². The molecule has 1 aliphatic heterocycles. The van der Waals surface area contributed by atoms with Crippen molar-refractivity contribution >= 4 is 52.1 Å². The zero-order valence-electron chi connectivity index (χ0n) is 21.7. The maximum atomic E-state index is 13.5. The van der Waals surface area contributed by atoms with Gasteiger partial charge in [-0.05, 0) is 64.4 Å². The van der Waals surface area contributed by atoms with Crippen LogP contribution in [0.1, 0.15) is 22.3 Å². The van der Waals surface area contributed by atoms with E-state index in [4.69, 9.17) is 37.7 Å². The van der Waals surface area contributed by atoms with E-state index >= 15 is 0 Å². The van der Waals surface area contributed by atoms with Gasteiger partial charge in [0.1, 0.15) is 6.61 Å². The number of carbonyl (C=O) groups excluding carboxylic acids is 1. The van der Waals surface area contributed by atoms with Crippen molar-refractivity contribution in [2.75, 3.05) is 7.11 Å². The Labute approximate surface area is 248 Å². The quantitative estimate of drug-likeness (QED) is 0.185. The van der Waals surface area contributed by atoms with Gasteiger partial charge in [-0.2, -0.15) is 0 Å². The van der Waals surface area contributed by atoms with Crippen molar-refractivity contribution in [3.63, 3.8) is 0 Å². The van der Waals surface area contributed by atoms with Gasteiger partial charge < -0.3 is 9.47 Å². The Morgan fingerprint density at radius 3 is 2.25 bits per heavy atom. The molecule has 0 bridgehead atoms. The molecular formula is C32H26Cl2N2O3S. The first-order valence-corrected chi connectivity index (χ1v) is 14.2. The van der Waals surface area contributed by atoms with Gasteiger partial charge in [0.25, 0.3) is 5.91 Å². The maximum absolute atomic E-state index is 13.5. The SMILES string of the molecule is COc1cc(/C=C2\SC(=NCc3ccccc3)N(Cc3ccccc3)C2=O)ccc1OCc1ccc(Cl)c(Cl)c1. The van der Waals surface area contributed by atoms with E-state index < -0.39 is 0 Å². The summed E-state index contributed by atoms with van der Waals surface area (Å²) in [5.41, 5.74) is 3.83. The predicted molar refractivity (Wildman–Crippen MR) is 164 cm³/mol. The van der Waals surface area contributed by atoms with Crippen LogP contribution in [0.2, 0.25) is 10.0 Å². The van der Waals surface area contributed by atoms with Crippen LogP contribution in [-0.4, -0.2) is 23.1 Å². The summed E-state index contributed by atoms with van der Waals surface area (Å²) >= 11 is 13.5. The van der Waals surface area contributed by atoms with Crippen LogP contribution in [0.15, 0.2) is 107 Å². The number of thioether (sulfide) groups is 1. The highest BCUT2D eigenvalue weighted by molar-refractivity contribution is 8.18. The number of carbonyl (C=O) groups is 1. The molecule has 1 aliphatic rings. The molecule has 5 rings (SSSR count). The Bertz CT molecular complexity index is 1560. The second-order valence-corrected chi connectivity index (χ2v) is 10.8. The second-order valence-electron chi connectivity index (χ2n) is 9.02. The van der Waals surface area contributed by atoms with Crippen LogP contribution < -0.4 is 9.47 Å². The summed E-state index contributed by atoms with van der Waals surface area (Å²) in [6, 6.07) is 30.9. The number of benzene rings is 4. The van der Waals surface area contributed by atoms with E-state index in [2.05, 4.69) is 0 Å². The lowest BCUT2D eigenvalue weighted by Gasteiger charge is -2.15. The normalized spacial score (nSPS) is 15.2. The van der Waals surface area contributed by atoms with Gasteiger partial charge in [0, 0.05) is 0 Å². The van der Waals surface area contributed by atoms with E-state index in [1.54, 1.807) is 24.1 Å². The fourth-order valence-electron chi connectivity index (χ4n) is 4.11. The van der Waals surface area contributed by atoms with Crippen LogP contribution in [0.3, 0.4) is 0 Å². The molecule has 0 N–H and O–H groups in total. The number of hydrogen-bond acceptors (Lipinski definition) is 5. The summed E-state index contributed by atoms with van der Waals surface area (Å²) in [5, 5.41) is 1.65. The summed E-state index contributed by atoms with van der Waals surface area (Å²) in [7, 11) is 1.59. The molecule has 40 heavy (non-hydrogen) atoms. The van der Waals surface area contributed by atoms with E-state index in [0.717, 1.165) is 22.3 Å². The van der Waals surface area contributed by atoms with Crippen molar-refractivity contribution in [1.29, 1.82) is 0 Å². The van der Waals surface area contributed by atoms with Crippen LogP contribution in [0.4, 0.5) is 0 Å². The average Bonchev–Trinajstić information content (AvgIpc) is 3.27. The molecule has 1 amide bonds. The Hall–Kier alpha value is -3.71. The topological polar surface area (TPSA) is 51.1 Å². The predicted octanol–water partition coefficient (Wildman–Crippen LogP) is 8.25. The van der Waals surface area contributed by atoms with Gasteiger partial charge in [-0.25, -0.2) is 0 Å². The van der Waals surface area contributed by atoms with Crippen molar-refractivity contribution < 1.29 is 14.3 Å². The Morgan fingerprint density at radius 1 is 0.825 bits per heavy atom. The molecule has 0 spiro atoms. The molecule has 0 aromatic heterocycles. The number of aliphatic imine (C=N–C) groups is 1. The minimum Gasteiger partial charge on any atom is -0.493 e. The van der Waals surface area contributed by atoms with Crippen molar-refractivity contribution in [1.82, 2.24) is 4.90 Å². The van der Waals surface area contributed by atoms with Gasteiger partial charge in [-0.1, -0.05) is 96.0 Å². The molecule has 5 nitrogen and oxygen atoms in total. The maximum Gasteiger partial charge on any atom is 0.267 e. The van der Waals surface area contributed by atoms with Gasteiger partial charge in [0.2, 0.25) is 0 Å². The molecular weight excluding hydrogens is 563 g/mol. The Morgan fingerprint density at radius 2 is 1.55 bits per heavy atom. The molecule has 8 heteroatoms. The van der Waals surface area contributed by atoms with Crippen molar-refractivity contribution in [2.45, 2.75) is 19.7 Å². The van der Waals surface area contributed by atoms with E-state index in [1.807, 2.05) is 91.0 Å². The lowest BCUT2D eigenvalue weighted by Crippen LogP contribution is -2.28. The second kappa shape index (κ2) is 13.1. The summed E-state index contributed by atoms with van der Waals surface area (Å²) < 4.78 is 11.6. The number of ether oxygens (including phenoxy) is 2. The van der Waals surface area contributed by atoms with Crippen LogP contribution in [0.25, 0.3) is 6.08 Å². The van der Waals surface area contributed by atoms with Crippen LogP contribution in [0.5, 0.6) is 11.5 Å². The third-order valence-corrected chi connectivity index (χ3v) is 7.96. The zero-order valence-corrected chi connectivity index (χ0v) is 24.0. The third kappa shape index (κ3) is 6.89. The summed E-state index contributed by atoms with van der Waals surface area (Å²) in [6.07, 6.45) is 1.86. The highest BCUT2D eigenvalue weighted by Crippen LogP contribution is 2.36. The van der Waals surface area contributed by atoms with Gasteiger partial charge in [-0.15, -0.1) is 0 Å². The summed E-state index contributed by atoms with van der Waals surface area (Å²) in [4.78, 5) is 20.7. The van der Waals surface area contributed by atoms with E-state index in [-0.39, 0.29) is 5.91 Å². The molecule has 4 aromatic rings. The lowest BCUT2D eigenvalue weighted by molar-refractivity contribution is -0.122. The molecule has 4 aromatic carbocycles. The van der Waals surface area contributed by atoms with Crippen molar-refractivity contribution in [3.8, 4) is 11.5 Å². The molecule has 0 radical (unpaired) electrons. The first-order valence-electron chi connectivity index (χ1n) is 12.6. The zero-order chi connectivity index (χ0) is 27.9. The molecule has 0 saturated carbocycles. The number of amides is 1. The molecule has 0 atom stereocenters. The largest absolute Gasteiger partial charge is 0.493 e. The fourth-order valence-corrected chi connectivity index (χ4v) is 5.41. The minimum atomic E-state index is -0.0837. The smallest absolute Gasteiger partial charge is 0.267 e. The van der Waals surface area contributed by atoms with Crippen molar-refractivity contribution in [3.05, 3.63) is 134 Å². The number of hydrogen-bond donors (Lipinski definition) is 0. The van der Waals surface area contributed by atoms with Crippen molar-refractivity contribution in [2.24, 2.45) is 4.99 Å². The average molecular weight is 590 g/mol. The molecule has 0 aliphatic carbocycles. The molecule has 202 valence electrons. The van der Waals surface area contributed by atoms with E-state index in [9.17, 15) is 4.79 Å². The Balaban J connectivity index is 1.37.